The number of amides is 1. The van der Waals surface area contributed by atoms with E-state index in [1.165, 1.54) is 6.42 Å². The van der Waals surface area contributed by atoms with E-state index in [0.717, 1.165) is 24.9 Å². The molecule has 2 nitrogen and oxygen atoms in total. The third-order valence-electron chi connectivity index (χ3n) is 3.42. The molecule has 0 N–H and O–H groups in total. The van der Waals surface area contributed by atoms with Gasteiger partial charge in [-0.2, -0.15) is 0 Å². The molecule has 1 aliphatic heterocycles. The molecule has 1 fully saturated rings. The van der Waals surface area contributed by atoms with Crippen molar-refractivity contribution in [1.29, 1.82) is 0 Å². The van der Waals surface area contributed by atoms with Gasteiger partial charge in [-0.05, 0) is 37.8 Å². The molecule has 0 saturated carbocycles. The molecule has 0 bridgehead atoms. The van der Waals surface area contributed by atoms with Crippen LogP contribution in [0.1, 0.15) is 31.7 Å². The molecular weight excluding hydrogens is 234 g/mol. The predicted molar refractivity (Wildman–Crippen MR) is 70.2 cm³/mol. The second-order valence-electron chi connectivity index (χ2n) is 4.70. The van der Waals surface area contributed by atoms with Crippen LogP contribution in [0.2, 0.25) is 5.02 Å². The van der Waals surface area contributed by atoms with Crippen molar-refractivity contribution >= 4 is 17.5 Å². The highest BCUT2D eigenvalue weighted by Crippen LogP contribution is 2.20. The number of hydrogen-bond acceptors (Lipinski definition) is 1. The molecule has 2 rings (SSSR count). The van der Waals surface area contributed by atoms with Gasteiger partial charge in [0, 0.05) is 17.6 Å². The Hall–Kier alpha value is -1.02. The minimum absolute atomic E-state index is 0.199. The summed E-state index contributed by atoms with van der Waals surface area (Å²) in [6.07, 6.45) is 3.90. The molecule has 1 amide bonds. The highest BCUT2D eigenvalue weighted by atomic mass is 35.5. The molecule has 1 heterocycles. The van der Waals surface area contributed by atoms with Gasteiger partial charge in [0.1, 0.15) is 0 Å². The van der Waals surface area contributed by atoms with Gasteiger partial charge >= 0.3 is 0 Å². The second-order valence-corrected chi connectivity index (χ2v) is 5.11. The fraction of sp³-hybridized carbons (Fsp3) is 0.500. The molecule has 3 heteroatoms. The van der Waals surface area contributed by atoms with Gasteiger partial charge in [0.05, 0.1) is 6.42 Å². The number of carbonyl (C=O) groups excluding carboxylic acids is 1. The van der Waals surface area contributed by atoms with Crippen LogP contribution in [0.4, 0.5) is 0 Å². The van der Waals surface area contributed by atoms with Crippen LogP contribution in [0.15, 0.2) is 24.3 Å². The Morgan fingerprint density at radius 2 is 2.18 bits per heavy atom. The van der Waals surface area contributed by atoms with E-state index in [1.54, 1.807) is 0 Å². The van der Waals surface area contributed by atoms with E-state index >= 15 is 0 Å². The SMILES string of the molecule is C[C@H]1CCCCN1C(=O)Cc1ccccc1Cl. The maximum atomic E-state index is 12.2. The summed E-state index contributed by atoms with van der Waals surface area (Å²) in [7, 11) is 0. The van der Waals surface area contributed by atoms with Crippen LogP contribution >= 0.6 is 11.6 Å². The molecule has 1 aliphatic rings. The van der Waals surface area contributed by atoms with Crippen molar-refractivity contribution in [2.45, 2.75) is 38.6 Å². The van der Waals surface area contributed by atoms with Gasteiger partial charge in [-0.25, -0.2) is 0 Å². The Morgan fingerprint density at radius 3 is 2.88 bits per heavy atom. The van der Waals surface area contributed by atoms with E-state index < -0.39 is 0 Å². The Balaban J connectivity index is 2.03. The van der Waals surface area contributed by atoms with E-state index in [0.29, 0.717) is 17.5 Å². The van der Waals surface area contributed by atoms with Gasteiger partial charge in [0.25, 0.3) is 0 Å². The first kappa shape index (κ1) is 12.4. The summed E-state index contributed by atoms with van der Waals surface area (Å²) in [5.74, 6) is 0.199. The third kappa shape index (κ3) is 3.01. The first-order valence-corrected chi connectivity index (χ1v) is 6.59. The zero-order chi connectivity index (χ0) is 12.3. The van der Waals surface area contributed by atoms with Gasteiger partial charge in [-0.3, -0.25) is 4.79 Å². The molecule has 1 saturated heterocycles. The summed E-state index contributed by atoms with van der Waals surface area (Å²) in [6, 6.07) is 7.95. The van der Waals surface area contributed by atoms with E-state index in [1.807, 2.05) is 29.2 Å². The summed E-state index contributed by atoms with van der Waals surface area (Å²) < 4.78 is 0. The zero-order valence-corrected chi connectivity index (χ0v) is 10.9. The molecule has 0 radical (unpaired) electrons. The molecule has 17 heavy (non-hydrogen) atoms. The van der Waals surface area contributed by atoms with Crippen LogP contribution in [0, 0.1) is 0 Å². The molecule has 0 spiro atoms. The first-order chi connectivity index (χ1) is 8.18. The van der Waals surface area contributed by atoms with Crippen molar-refractivity contribution in [2.24, 2.45) is 0 Å². The van der Waals surface area contributed by atoms with E-state index in [2.05, 4.69) is 6.92 Å². The Kier molecular flexibility index (Phi) is 4.06. The summed E-state index contributed by atoms with van der Waals surface area (Å²) in [5.41, 5.74) is 0.928. The number of halogens is 1. The lowest BCUT2D eigenvalue weighted by Crippen LogP contribution is -2.42. The van der Waals surface area contributed by atoms with Gasteiger partial charge in [0.15, 0.2) is 0 Å². The quantitative estimate of drug-likeness (QED) is 0.790. The minimum Gasteiger partial charge on any atom is -0.340 e. The summed E-state index contributed by atoms with van der Waals surface area (Å²) >= 11 is 6.07. The smallest absolute Gasteiger partial charge is 0.227 e. The molecule has 1 aromatic carbocycles. The zero-order valence-electron chi connectivity index (χ0n) is 10.2. The third-order valence-corrected chi connectivity index (χ3v) is 3.79. The van der Waals surface area contributed by atoms with Crippen LogP contribution in [0.3, 0.4) is 0 Å². The molecule has 0 unspecified atom stereocenters. The topological polar surface area (TPSA) is 20.3 Å². The van der Waals surface area contributed by atoms with Crippen molar-refractivity contribution in [2.75, 3.05) is 6.54 Å². The van der Waals surface area contributed by atoms with Gasteiger partial charge < -0.3 is 4.90 Å². The number of benzene rings is 1. The lowest BCUT2D eigenvalue weighted by molar-refractivity contribution is -0.133. The number of rotatable bonds is 2. The monoisotopic (exact) mass is 251 g/mol. The van der Waals surface area contributed by atoms with Crippen molar-refractivity contribution in [3.8, 4) is 0 Å². The van der Waals surface area contributed by atoms with Gasteiger partial charge in [-0.15, -0.1) is 0 Å². The van der Waals surface area contributed by atoms with E-state index in [9.17, 15) is 4.79 Å². The highest BCUT2D eigenvalue weighted by Gasteiger charge is 2.23. The average Bonchev–Trinajstić information content (AvgIpc) is 2.32. The molecule has 1 aromatic rings. The van der Waals surface area contributed by atoms with E-state index in [4.69, 9.17) is 11.6 Å². The lowest BCUT2D eigenvalue weighted by Gasteiger charge is -2.33. The van der Waals surface area contributed by atoms with Crippen molar-refractivity contribution < 1.29 is 4.79 Å². The Morgan fingerprint density at radius 1 is 1.41 bits per heavy atom. The standard InChI is InChI=1S/C14H18ClNO/c1-11-6-4-5-9-16(11)14(17)10-12-7-2-3-8-13(12)15/h2-3,7-8,11H,4-6,9-10H2,1H3/t11-/m0/s1. The fourth-order valence-electron chi connectivity index (χ4n) is 2.37. The predicted octanol–water partition coefficient (Wildman–Crippen LogP) is 3.28. The van der Waals surface area contributed by atoms with Crippen molar-refractivity contribution in [1.82, 2.24) is 4.90 Å². The summed E-state index contributed by atoms with van der Waals surface area (Å²) in [5, 5.41) is 0.686. The number of likely N-dealkylation sites (tertiary alicyclic amines) is 1. The highest BCUT2D eigenvalue weighted by molar-refractivity contribution is 6.31. The Labute approximate surface area is 108 Å². The second kappa shape index (κ2) is 5.54. The molecule has 1 atom stereocenters. The number of nitrogens with zero attached hydrogens (tertiary/aromatic N) is 1. The van der Waals surface area contributed by atoms with Crippen LogP contribution in [-0.2, 0) is 11.2 Å². The molecule has 92 valence electrons. The van der Waals surface area contributed by atoms with Gasteiger partial charge in [0.2, 0.25) is 5.91 Å². The summed E-state index contributed by atoms with van der Waals surface area (Å²) in [6.45, 7) is 3.02. The van der Waals surface area contributed by atoms with Crippen LogP contribution in [0.25, 0.3) is 0 Å². The minimum atomic E-state index is 0.199. The van der Waals surface area contributed by atoms with Crippen LogP contribution in [-0.4, -0.2) is 23.4 Å². The number of piperidine rings is 1. The van der Waals surface area contributed by atoms with Crippen molar-refractivity contribution in [3.05, 3.63) is 34.9 Å². The van der Waals surface area contributed by atoms with Crippen LogP contribution in [0.5, 0.6) is 0 Å². The maximum absolute atomic E-state index is 12.2. The van der Waals surface area contributed by atoms with Gasteiger partial charge in [-0.1, -0.05) is 29.8 Å². The Bertz CT molecular complexity index is 405. The first-order valence-electron chi connectivity index (χ1n) is 6.21. The maximum Gasteiger partial charge on any atom is 0.227 e. The fourth-order valence-corrected chi connectivity index (χ4v) is 2.58. The lowest BCUT2D eigenvalue weighted by atomic mass is 10.0. The van der Waals surface area contributed by atoms with Crippen molar-refractivity contribution in [3.63, 3.8) is 0 Å². The molecule has 0 aromatic heterocycles. The van der Waals surface area contributed by atoms with Crippen LogP contribution < -0.4 is 0 Å². The number of hydrogen-bond donors (Lipinski definition) is 0. The van der Waals surface area contributed by atoms with E-state index in [-0.39, 0.29) is 5.91 Å². The molecule has 0 aliphatic carbocycles. The average molecular weight is 252 g/mol. The normalized spacial score (nSPS) is 20.4. The molecular formula is C14H18ClNO. The largest absolute Gasteiger partial charge is 0.340 e. The summed E-state index contributed by atoms with van der Waals surface area (Å²) in [4.78, 5) is 14.2. The number of carbonyl (C=O) groups is 1.